The fourth-order valence-electron chi connectivity index (χ4n) is 1.58. The fraction of sp³-hybridized carbons (Fsp3) is 0.571. The van der Waals surface area contributed by atoms with Crippen LogP contribution in [0.4, 0.5) is 8.78 Å². The van der Waals surface area contributed by atoms with Gasteiger partial charge in [-0.05, 0) is 38.4 Å². The fourth-order valence-corrected chi connectivity index (χ4v) is 1.58. The molecule has 1 atom stereocenters. The van der Waals surface area contributed by atoms with Crippen molar-refractivity contribution in [2.45, 2.75) is 39.2 Å². The van der Waals surface area contributed by atoms with Gasteiger partial charge in [0.2, 0.25) is 0 Å². The van der Waals surface area contributed by atoms with Gasteiger partial charge in [-0.3, -0.25) is 0 Å². The van der Waals surface area contributed by atoms with Gasteiger partial charge >= 0.3 is 0 Å². The van der Waals surface area contributed by atoms with Gasteiger partial charge in [-0.2, -0.15) is 0 Å². The third kappa shape index (κ3) is 4.26. The molecule has 1 N–H and O–H groups in total. The van der Waals surface area contributed by atoms with E-state index in [1.165, 1.54) is 0 Å². The smallest absolute Gasteiger partial charge is 0.165 e. The summed E-state index contributed by atoms with van der Waals surface area (Å²) in [5, 5.41) is 3.24. The first-order chi connectivity index (χ1) is 8.50. The van der Waals surface area contributed by atoms with E-state index in [2.05, 4.69) is 12.2 Å². The summed E-state index contributed by atoms with van der Waals surface area (Å²) in [6.07, 6.45) is 1.73. The molecule has 102 valence electrons. The summed E-state index contributed by atoms with van der Waals surface area (Å²) in [6, 6.07) is 3.25. The van der Waals surface area contributed by atoms with Crippen molar-refractivity contribution in [3.63, 3.8) is 0 Å². The Labute approximate surface area is 107 Å². The molecule has 1 unspecified atom stereocenters. The Balaban J connectivity index is 2.74. The van der Waals surface area contributed by atoms with E-state index >= 15 is 0 Å². The topological polar surface area (TPSA) is 21.3 Å². The lowest BCUT2D eigenvalue weighted by molar-refractivity contribution is 0.0784. The van der Waals surface area contributed by atoms with Crippen LogP contribution in [0.5, 0.6) is 5.75 Å². The summed E-state index contributed by atoms with van der Waals surface area (Å²) in [7, 11) is 0. The lowest BCUT2D eigenvalue weighted by Gasteiger charge is -2.30. The third-order valence-corrected chi connectivity index (χ3v) is 2.92. The van der Waals surface area contributed by atoms with Gasteiger partial charge in [0.05, 0.1) is 0 Å². The van der Waals surface area contributed by atoms with E-state index in [0.717, 1.165) is 31.2 Å². The number of rotatable bonds is 7. The van der Waals surface area contributed by atoms with E-state index in [0.29, 0.717) is 13.0 Å². The highest BCUT2D eigenvalue weighted by Gasteiger charge is 2.25. The molecule has 1 aromatic rings. The maximum Gasteiger partial charge on any atom is 0.165 e. The Hall–Kier alpha value is -1.16. The van der Waals surface area contributed by atoms with Crippen molar-refractivity contribution in [1.82, 2.24) is 5.32 Å². The highest BCUT2D eigenvalue weighted by molar-refractivity contribution is 5.25. The Kier molecular flexibility index (Phi) is 5.54. The van der Waals surface area contributed by atoms with E-state index in [9.17, 15) is 8.78 Å². The van der Waals surface area contributed by atoms with Crippen LogP contribution in [0.1, 0.15) is 33.6 Å². The monoisotopic (exact) mass is 257 g/mol. The number of benzene rings is 1. The molecule has 0 spiro atoms. The van der Waals surface area contributed by atoms with Crippen molar-refractivity contribution >= 4 is 0 Å². The van der Waals surface area contributed by atoms with Gasteiger partial charge in [0.15, 0.2) is 11.6 Å². The maximum absolute atomic E-state index is 13.5. The number of ether oxygens (including phenoxy) is 1. The molecule has 18 heavy (non-hydrogen) atoms. The summed E-state index contributed by atoms with van der Waals surface area (Å²) in [5.74, 6) is -1.06. The Morgan fingerprint density at radius 1 is 1.28 bits per heavy atom. The summed E-state index contributed by atoms with van der Waals surface area (Å²) in [5.41, 5.74) is -0.538. The maximum atomic E-state index is 13.5. The van der Waals surface area contributed by atoms with E-state index in [-0.39, 0.29) is 5.75 Å². The van der Waals surface area contributed by atoms with Crippen molar-refractivity contribution in [2.75, 3.05) is 13.1 Å². The lowest BCUT2D eigenvalue weighted by atomic mass is 10.0. The van der Waals surface area contributed by atoms with Crippen molar-refractivity contribution in [3.8, 4) is 5.75 Å². The van der Waals surface area contributed by atoms with Crippen LogP contribution in [0.25, 0.3) is 0 Å². The second-order valence-electron chi connectivity index (χ2n) is 4.66. The highest BCUT2D eigenvalue weighted by atomic mass is 19.1. The lowest BCUT2D eigenvalue weighted by Crippen LogP contribution is -2.43. The van der Waals surface area contributed by atoms with E-state index < -0.39 is 17.2 Å². The molecule has 0 heterocycles. The summed E-state index contributed by atoms with van der Waals surface area (Å²) in [6.45, 7) is 7.41. The van der Waals surface area contributed by atoms with Crippen LogP contribution >= 0.6 is 0 Å². The normalized spacial score (nSPS) is 14.3. The Morgan fingerprint density at radius 2 is 2.00 bits per heavy atom. The van der Waals surface area contributed by atoms with Crippen LogP contribution < -0.4 is 10.1 Å². The molecule has 0 aliphatic carbocycles. The predicted molar refractivity (Wildman–Crippen MR) is 68.8 cm³/mol. The van der Waals surface area contributed by atoms with Gasteiger partial charge in [-0.25, -0.2) is 8.78 Å². The second kappa shape index (κ2) is 6.69. The Morgan fingerprint density at radius 3 is 2.61 bits per heavy atom. The van der Waals surface area contributed by atoms with Gasteiger partial charge in [-0.15, -0.1) is 0 Å². The van der Waals surface area contributed by atoms with Crippen LogP contribution in [-0.2, 0) is 0 Å². The third-order valence-electron chi connectivity index (χ3n) is 2.92. The minimum Gasteiger partial charge on any atom is -0.483 e. The standard InChI is InChI=1S/C14H21F2NO/c1-4-8-17-10-14(3,5-2)18-13-9-11(15)6-7-12(13)16/h6-7,9,17H,4-5,8,10H2,1-3H3. The molecule has 1 rings (SSSR count). The first-order valence-corrected chi connectivity index (χ1v) is 6.35. The number of nitrogens with one attached hydrogen (secondary N) is 1. The molecule has 2 nitrogen and oxygen atoms in total. The molecule has 0 fully saturated rings. The molecule has 0 saturated heterocycles. The number of halogens is 2. The van der Waals surface area contributed by atoms with Crippen molar-refractivity contribution in [1.29, 1.82) is 0 Å². The zero-order valence-electron chi connectivity index (χ0n) is 11.2. The Bertz CT molecular complexity index is 384. The van der Waals surface area contributed by atoms with Crippen molar-refractivity contribution < 1.29 is 13.5 Å². The largest absolute Gasteiger partial charge is 0.483 e. The molecular formula is C14H21F2NO. The van der Waals surface area contributed by atoms with Crippen molar-refractivity contribution in [3.05, 3.63) is 29.8 Å². The van der Waals surface area contributed by atoms with Crippen molar-refractivity contribution in [2.24, 2.45) is 0 Å². The zero-order valence-corrected chi connectivity index (χ0v) is 11.2. The molecule has 4 heteroatoms. The molecule has 0 aliphatic rings. The average Bonchev–Trinajstić information content (AvgIpc) is 2.34. The molecular weight excluding hydrogens is 236 g/mol. The van der Waals surface area contributed by atoms with Crippen LogP contribution in [-0.4, -0.2) is 18.7 Å². The van der Waals surface area contributed by atoms with Crippen LogP contribution in [0.2, 0.25) is 0 Å². The molecule has 0 bridgehead atoms. The van der Waals surface area contributed by atoms with Gasteiger partial charge in [0.1, 0.15) is 11.4 Å². The average molecular weight is 257 g/mol. The predicted octanol–water partition coefficient (Wildman–Crippen LogP) is 3.51. The molecule has 1 aromatic carbocycles. The van der Waals surface area contributed by atoms with Gasteiger partial charge in [0.25, 0.3) is 0 Å². The van der Waals surface area contributed by atoms with Gasteiger partial charge in [-0.1, -0.05) is 13.8 Å². The summed E-state index contributed by atoms with van der Waals surface area (Å²) < 4.78 is 32.2. The zero-order chi connectivity index (χ0) is 13.6. The molecule has 0 aliphatic heterocycles. The van der Waals surface area contributed by atoms with Crippen LogP contribution in [0.3, 0.4) is 0 Å². The molecule has 0 amide bonds. The van der Waals surface area contributed by atoms with Gasteiger partial charge < -0.3 is 10.1 Å². The second-order valence-corrected chi connectivity index (χ2v) is 4.66. The van der Waals surface area contributed by atoms with E-state index in [1.54, 1.807) is 0 Å². The highest BCUT2D eigenvalue weighted by Crippen LogP contribution is 2.24. The minimum atomic E-state index is -0.538. The first kappa shape index (κ1) is 14.9. The molecule has 0 aromatic heterocycles. The number of hydrogen-bond acceptors (Lipinski definition) is 2. The first-order valence-electron chi connectivity index (χ1n) is 6.35. The van der Waals surface area contributed by atoms with E-state index in [1.807, 2.05) is 13.8 Å². The van der Waals surface area contributed by atoms with E-state index in [4.69, 9.17) is 4.74 Å². The molecule has 0 saturated carbocycles. The summed E-state index contributed by atoms with van der Waals surface area (Å²) in [4.78, 5) is 0. The quantitative estimate of drug-likeness (QED) is 0.755. The molecule has 0 radical (unpaired) electrons. The SMILES string of the molecule is CCCNCC(C)(CC)Oc1cc(F)ccc1F. The van der Waals surface area contributed by atoms with Crippen LogP contribution in [0, 0.1) is 11.6 Å². The minimum absolute atomic E-state index is 0.0300. The summed E-state index contributed by atoms with van der Waals surface area (Å²) >= 11 is 0. The van der Waals surface area contributed by atoms with Crippen LogP contribution in [0.15, 0.2) is 18.2 Å². The van der Waals surface area contributed by atoms with Gasteiger partial charge in [0, 0.05) is 12.6 Å². The number of hydrogen-bond donors (Lipinski definition) is 1.